The van der Waals surface area contributed by atoms with Gasteiger partial charge in [0.05, 0.1) is 10.7 Å². The predicted octanol–water partition coefficient (Wildman–Crippen LogP) is 3.14. The smallest absolute Gasteiger partial charge is 0.432 e. The van der Waals surface area contributed by atoms with Crippen LogP contribution in [-0.4, -0.2) is 75.1 Å². The van der Waals surface area contributed by atoms with Gasteiger partial charge in [-0.3, -0.25) is 0 Å². The molecule has 3 aromatic carbocycles. The molecule has 16 heteroatoms. The Hall–Kier alpha value is -1.61. The molecule has 0 aliphatic carbocycles. The van der Waals surface area contributed by atoms with Gasteiger partial charge in [0.1, 0.15) is 10.1 Å². The number of nitrogens with zero attached hydrogens (tertiary/aromatic N) is 1. The van der Waals surface area contributed by atoms with E-state index in [1.54, 1.807) is 30.3 Å². The van der Waals surface area contributed by atoms with E-state index < -0.39 is 14.2 Å². The van der Waals surface area contributed by atoms with Gasteiger partial charge in [0.2, 0.25) is 0 Å². The normalized spacial score (nSPS) is 10.4. The number of hydrogen-bond donors (Lipinski definition) is 6. The van der Waals surface area contributed by atoms with Crippen LogP contribution < -0.4 is 26.3 Å². The molecule has 0 amide bonds. The van der Waals surface area contributed by atoms with Crippen LogP contribution in [-0.2, 0) is 6.54 Å². The Morgan fingerprint density at radius 2 is 1.56 bits per heavy atom. The summed E-state index contributed by atoms with van der Waals surface area (Å²) >= 11 is 29.8. The third-order valence-electron chi connectivity index (χ3n) is 5.14. The summed E-state index contributed by atoms with van der Waals surface area (Å²) in [4.78, 5) is 2.06. The van der Waals surface area contributed by atoms with Crippen LogP contribution in [0.3, 0.4) is 0 Å². The second kappa shape index (κ2) is 18.1. The highest BCUT2D eigenvalue weighted by molar-refractivity contribution is 8.23. The van der Waals surface area contributed by atoms with Crippen molar-refractivity contribution in [1.82, 2.24) is 10.2 Å². The third-order valence-corrected chi connectivity index (χ3v) is 7.67. The minimum absolute atomic E-state index is 0.180. The van der Waals surface area contributed by atoms with Gasteiger partial charge in [0.25, 0.3) is 5.17 Å². The molecule has 0 saturated carbocycles. The molecule has 0 unspecified atom stereocenters. The molecule has 8 nitrogen and oxygen atoms in total. The fourth-order valence-corrected chi connectivity index (χ4v) is 5.23. The number of halogens is 3. The zero-order valence-electron chi connectivity index (χ0n) is 22.1. The van der Waals surface area contributed by atoms with Gasteiger partial charge in [-0.2, -0.15) is 0 Å². The molecule has 0 aromatic heterocycles. The largest absolute Gasteiger partial charge is 0.490 e. The fourth-order valence-electron chi connectivity index (χ4n) is 3.06. The second-order valence-corrected chi connectivity index (χ2v) is 11.9. The lowest BCUT2D eigenvalue weighted by molar-refractivity contribution is 0.424. The predicted molar refractivity (Wildman–Crippen MR) is 181 cm³/mol. The Morgan fingerprint density at radius 1 is 0.902 bits per heavy atom. The molecule has 0 bridgehead atoms. The fraction of sp³-hybridized carbons (Fsp3) is 0.200. The van der Waals surface area contributed by atoms with E-state index in [2.05, 4.69) is 15.5 Å². The topological polar surface area (TPSA) is 117 Å². The summed E-state index contributed by atoms with van der Waals surface area (Å²) in [5.74, 6) is 1.49. The van der Waals surface area contributed by atoms with Crippen LogP contribution in [0, 0.1) is 0 Å². The number of para-hydroxylation sites is 1. The van der Waals surface area contributed by atoms with Gasteiger partial charge < -0.3 is 40.4 Å². The molecule has 0 atom stereocenters. The average Bonchev–Trinajstić information content (AvgIpc) is 2.90. The van der Waals surface area contributed by atoms with Crippen LogP contribution in [0.15, 0.2) is 60.7 Å². The zero-order chi connectivity index (χ0) is 30.5. The maximum Gasteiger partial charge on any atom is 0.490 e. The molecule has 0 heterocycles. The van der Waals surface area contributed by atoms with Crippen molar-refractivity contribution in [2.45, 2.75) is 6.54 Å². The first kappa shape index (κ1) is 35.6. The number of nitrogens with one attached hydrogen (secondary N) is 2. The highest BCUT2D eigenvalue weighted by atomic mass is 35.5. The zero-order valence-corrected chi connectivity index (χ0v) is 26.8. The van der Waals surface area contributed by atoms with Gasteiger partial charge in [0.15, 0.2) is 0 Å². The van der Waals surface area contributed by atoms with Crippen molar-refractivity contribution >= 4 is 111 Å². The lowest BCUT2D eigenvalue weighted by Gasteiger charge is -2.13. The molecule has 6 N–H and O–H groups in total. The van der Waals surface area contributed by atoms with Crippen molar-refractivity contribution < 1.29 is 24.8 Å². The summed E-state index contributed by atoms with van der Waals surface area (Å²) < 4.78 is 6.00. The number of rotatable bonds is 9. The lowest BCUT2D eigenvalue weighted by atomic mass is 9.79. The summed E-state index contributed by atoms with van der Waals surface area (Å²) in [6.45, 7) is 1.23. The van der Waals surface area contributed by atoms with E-state index in [1.165, 1.54) is 23.9 Å². The van der Waals surface area contributed by atoms with Crippen molar-refractivity contribution in [3.63, 3.8) is 0 Å². The molecule has 3 aromatic rings. The van der Waals surface area contributed by atoms with E-state index in [-0.39, 0.29) is 21.1 Å². The summed E-state index contributed by atoms with van der Waals surface area (Å²) in [6.07, 6.45) is 0. The van der Waals surface area contributed by atoms with Gasteiger partial charge in [-0.25, -0.2) is 0 Å². The van der Waals surface area contributed by atoms with Gasteiger partial charge in [-0.05, 0) is 56.1 Å². The summed E-state index contributed by atoms with van der Waals surface area (Å²) in [7, 11) is 0.713. The summed E-state index contributed by atoms with van der Waals surface area (Å²) in [5.41, 5.74) is 1.63. The number of ether oxygens (including phenoxy) is 1. The molecule has 0 aliphatic rings. The van der Waals surface area contributed by atoms with Crippen molar-refractivity contribution in [1.29, 1.82) is 0 Å². The van der Waals surface area contributed by atoms with E-state index in [1.807, 2.05) is 32.3 Å². The second-order valence-electron chi connectivity index (χ2n) is 8.54. The number of anilines is 1. The maximum atomic E-state index is 9.21. The van der Waals surface area contributed by atoms with Gasteiger partial charge in [0, 0.05) is 39.8 Å². The van der Waals surface area contributed by atoms with Crippen molar-refractivity contribution in [2.75, 3.05) is 31.7 Å². The lowest BCUT2D eigenvalue weighted by Crippen LogP contribution is -2.32. The molecule has 0 aliphatic heterocycles. The van der Waals surface area contributed by atoms with E-state index in [0.717, 1.165) is 12.3 Å². The molecule has 0 fully saturated rings. The van der Waals surface area contributed by atoms with E-state index in [4.69, 9.17) is 64.0 Å². The molecule has 0 saturated heterocycles. The quantitative estimate of drug-likeness (QED) is 0.149. The molecule has 3 rings (SSSR count). The van der Waals surface area contributed by atoms with Crippen LogP contribution in [0.1, 0.15) is 5.56 Å². The molecular formula is C25H28B2Cl3N3O5S3. The van der Waals surface area contributed by atoms with Gasteiger partial charge in [-0.1, -0.05) is 95.2 Å². The third kappa shape index (κ3) is 12.7. The average molecular weight is 675 g/mol. The Kier molecular flexibility index (Phi) is 15.7. The first-order valence-corrected chi connectivity index (χ1v) is 14.9. The number of thiocarbonyl (C=S) groups is 2. The monoisotopic (exact) mass is 673 g/mol. The van der Waals surface area contributed by atoms with E-state index >= 15 is 0 Å². The SMILES string of the molecule is CN(C)CCSC(=S)Nc1cc(B(O)O)c(Cl)cc1Cl.OB(O)c1cccc(CNC(=S)Oc2ccccc2)c1Cl. The van der Waals surface area contributed by atoms with Crippen molar-refractivity contribution in [2.24, 2.45) is 0 Å². The van der Waals surface area contributed by atoms with Crippen LogP contribution in [0.4, 0.5) is 5.69 Å². The van der Waals surface area contributed by atoms with Gasteiger partial charge in [-0.15, -0.1) is 0 Å². The Labute approximate surface area is 270 Å². The molecule has 41 heavy (non-hydrogen) atoms. The first-order valence-electron chi connectivity index (χ1n) is 12.0. The van der Waals surface area contributed by atoms with Crippen molar-refractivity contribution in [3.05, 3.63) is 81.3 Å². The number of thioether (sulfide) groups is 1. The number of hydrogen-bond acceptors (Lipinski definition) is 9. The molecule has 0 spiro atoms. The Bertz CT molecular complexity index is 1310. The van der Waals surface area contributed by atoms with Crippen molar-refractivity contribution in [3.8, 4) is 5.75 Å². The van der Waals surface area contributed by atoms with Crippen LogP contribution >= 0.6 is 71.0 Å². The molecular weight excluding hydrogens is 646 g/mol. The highest BCUT2D eigenvalue weighted by Gasteiger charge is 2.19. The Morgan fingerprint density at radius 3 is 2.17 bits per heavy atom. The highest BCUT2D eigenvalue weighted by Crippen LogP contribution is 2.25. The van der Waals surface area contributed by atoms with E-state index in [0.29, 0.717) is 37.9 Å². The maximum absolute atomic E-state index is 9.21. The van der Waals surface area contributed by atoms with Gasteiger partial charge >= 0.3 is 14.2 Å². The minimum atomic E-state index is -1.66. The van der Waals surface area contributed by atoms with Crippen LogP contribution in [0.2, 0.25) is 15.1 Å². The minimum Gasteiger partial charge on any atom is -0.432 e. The molecule has 0 radical (unpaired) electrons. The standard InChI is InChI=1S/C14H13BClNO3S.C11H15BCl2N2O2S2/c16-13-10(5-4-8-12(13)15(18)19)9-17-14(21)20-11-6-2-1-3-7-11;1-16(2)3-4-20-11(19)15-10-5-7(12(17)18)8(13)6-9(10)14/h1-8,18-19H,9H2,(H,17,21);5-6,17-18H,3-4H2,1-2H3,(H,15,19). The van der Waals surface area contributed by atoms with Crippen LogP contribution in [0.5, 0.6) is 5.75 Å². The summed E-state index contributed by atoms with van der Waals surface area (Å²) in [6, 6.07) is 17.1. The number of benzene rings is 3. The first-order chi connectivity index (χ1) is 19.4. The molecule has 218 valence electrons. The summed E-state index contributed by atoms with van der Waals surface area (Å²) in [5, 5.41) is 43.8. The van der Waals surface area contributed by atoms with Crippen LogP contribution in [0.25, 0.3) is 0 Å². The van der Waals surface area contributed by atoms with E-state index in [9.17, 15) is 20.1 Å². The Balaban J connectivity index is 0.000000287.